The number of halogens is 1. The predicted molar refractivity (Wildman–Crippen MR) is 93.1 cm³/mol. The number of carbonyl (C=O) groups excluding carboxylic acids is 1. The van der Waals surface area contributed by atoms with Gasteiger partial charge in [0.25, 0.3) is 11.5 Å². The molecule has 0 spiro atoms. The normalized spacial score (nSPS) is 17.1. The zero-order valence-corrected chi connectivity index (χ0v) is 14.1. The van der Waals surface area contributed by atoms with Crippen molar-refractivity contribution in [2.24, 2.45) is 5.92 Å². The van der Waals surface area contributed by atoms with Crippen molar-refractivity contribution in [2.75, 3.05) is 13.1 Å². The lowest BCUT2D eigenvalue weighted by atomic mass is 10.1. The number of hydrogen-bond acceptors (Lipinski definition) is 2. The Morgan fingerprint density at radius 1 is 1.12 bits per heavy atom. The standard InChI is InChI=1S/C20H21FN2O2/c21-17-3-1-2-16(12-17)20(25)22-10-8-15-6-7-19(24)23(13-14-4-5-14)18(15)9-11-22/h1-3,6-7,12,14H,4-5,8-11,13H2. The molecule has 1 aliphatic carbocycles. The highest BCUT2D eigenvalue weighted by molar-refractivity contribution is 5.94. The first-order chi connectivity index (χ1) is 12.1. The van der Waals surface area contributed by atoms with E-state index in [4.69, 9.17) is 0 Å². The Kier molecular flexibility index (Phi) is 4.15. The maximum Gasteiger partial charge on any atom is 0.253 e. The largest absolute Gasteiger partial charge is 0.338 e. The molecule has 0 radical (unpaired) electrons. The van der Waals surface area contributed by atoms with Crippen LogP contribution in [-0.4, -0.2) is 28.5 Å². The molecular weight excluding hydrogens is 319 g/mol. The summed E-state index contributed by atoms with van der Waals surface area (Å²) < 4.78 is 15.3. The second-order valence-electron chi connectivity index (χ2n) is 7.00. The predicted octanol–water partition coefficient (Wildman–Crippen LogP) is 2.64. The first-order valence-corrected chi connectivity index (χ1v) is 8.88. The molecule has 1 fully saturated rings. The van der Waals surface area contributed by atoms with Crippen LogP contribution in [0.1, 0.15) is 34.5 Å². The van der Waals surface area contributed by atoms with Gasteiger partial charge in [-0.25, -0.2) is 4.39 Å². The van der Waals surface area contributed by atoms with Crippen molar-refractivity contribution in [3.8, 4) is 0 Å². The smallest absolute Gasteiger partial charge is 0.253 e. The summed E-state index contributed by atoms with van der Waals surface area (Å²) in [5, 5.41) is 0. The third-order valence-electron chi connectivity index (χ3n) is 5.16. The summed E-state index contributed by atoms with van der Waals surface area (Å²) in [6.07, 6.45) is 3.78. The molecule has 0 saturated heterocycles. The van der Waals surface area contributed by atoms with Gasteiger partial charge in [-0.1, -0.05) is 12.1 Å². The fourth-order valence-electron chi connectivity index (χ4n) is 3.56. The van der Waals surface area contributed by atoms with Gasteiger partial charge in [-0.3, -0.25) is 9.59 Å². The van der Waals surface area contributed by atoms with Crippen LogP contribution in [0.3, 0.4) is 0 Å². The quantitative estimate of drug-likeness (QED) is 0.862. The third-order valence-corrected chi connectivity index (χ3v) is 5.16. The molecule has 1 saturated carbocycles. The SMILES string of the molecule is O=C(c1cccc(F)c1)N1CCc2ccc(=O)n(CC3CC3)c2CC1. The van der Waals surface area contributed by atoms with Gasteiger partial charge >= 0.3 is 0 Å². The summed E-state index contributed by atoms with van der Waals surface area (Å²) >= 11 is 0. The van der Waals surface area contributed by atoms with Crippen molar-refractivity contribution >= 4 is 5.91 Å². The number of fused-ring (bicyclic) bond motifs is 1. The lowest BCUT2D eigenvalue weighted by molar-refractivity contribution is 0.0762. The molecule has 130 valence electrons. The number of rotatable bonds is 3. The second kappa shape index (κ2) is 6.47. The second-order valence-corrected chi connectivity index (χ2v) is 7.00. The van der Waals surface area contributed by atoms with Crippen LogP contribution in [0.5, 0.6) is 0 Å². The lowest BCUT2D eigenvalue weighted by Crippen LogP contribution is -2.33. The van der Waals surface area contributed by atoms with Gasteiger partial charge in [0.05, 0.1) is 0 Å². The van der Waals surface area contributed by atoms with Crippen molar-refractivity contribution in [1.29, 1.82) is 0 Å². The van der Waals surface area contributed by atoms with Crippen LogP contribution in [0.2, 0.25) is 0 Å². The Labute approximate surface area is 145 Å². The van der Waals surface area contributed by atoms with Gasteiger partial charge in [-0.15, -0.1) is 0 Å². The van der Waals surface area contributed by atoms with E-state index in [2.05, 4.69) is 0 Å². The van der Waals surface area contributed by atoms with Gasteiger partial charge in [0.15, 0.2) is 0 Å². The van der Waals surface area contributed by atoms with E-state index in [1.54, 1.807) is 23.1 Å². The summed E-state index contributed by atoms with van der Waals surface area (Å²) in [5.74, 6) is 0.0723. The number of carbonyl (C=O) groups is 1. The highest BCUT2D eigenvalue weighted by Gasteiger charge is 2.26. The number of pyridine rings is 1. The van der Waals surface area contributed by atoms with Crippen LogP contribution in [0.25, 0.3) is 0 Å². The fourth-order valence-corrected chi connectivity index (χ4v) is 3.56. The summed E-state index contributed by atoms with van der Waals surface area (Å²) in [7, 11) is 0. The molecule has 0 bridgehead atoms. The van der Waals surface area contributed by atoms with E-state index in [-0.39, 0.29) is 11.5 Å². The van der Waals surface area contributed by atoms with E-state index in [1.807, 2.05) is 10.6 Å². The van der Waals surface area contributed by atoms with Crippen molar-refractivity contribution in [2.45, 2.75) is 32.2 Å². The molecule has 0 N–H and O–H groups in total. The summed E-state index contributed by atoms with van der Waals surface area (Å²) in [6, 6.07) is 9.37. The van der Waals surface area contributed by atoms with Crippen molar-refractivity contribution in [3.05, 3.63) is 69.4 Å². The molecular formula is C20H21FN2O2. The fraction of sp³-hybridized carbons (Fsp3) is 0.400. The van der Waals surface area contributed by atoms with Gasteiger partial charge in [0.2, 0.25) is 0 Å². The maximum atomic E-state index is 13.4. The van der Waals surface area contributed by atoms with Gasteiger partial charge < -0.3 is 9.47 Å². The van der Waals surface area contributed by atoms with Gasteiger partial charge in [-0.05, 0) is 48.9 Å². The van der Waals surface area contributed by atoms with Crippen LogP contribution in [0.4, 0.5) is 4.39 Å². The minimum atomic E-state index is -0.401. The highest BCUT2D eigenvalue weighted by atomic mass is 19.1. The Bertz CT molecular complexity index is 870. The van der Waals surface area contributed by atoms with E-state index in [0.29, 0.717) is 31.0 Å². The number of aromatic nitrogens is 1. The number of nitrogens with zero attached hydrogens (tertiary/aromatic N) is 2. The number of benzene rings is 1. The van der Waals surface area contributed by atoms with Crippen molar-refractivity contribution in [1.82, 2.24) is 9.47 Å². The first kappa shape index (κ1) is 16.1. The molecule has 4 nitrogen and oxygen atoms in total. The van der Waals surface area contributed by atoms with Crippen LogP contribution in [0, 0.1) is 11.7 Å². The van der Waals surface area contributed by atoms with Crippen LogP contribution in [-0.2, 0) is 19.4 Å². The molecule has 1 aromatic carbocycles. The van der Waals surface area contributed by atoms with Crippen LogP contribution >= 0.6 is 0 Å². The van der Waals surface area contributed by atoms with Crippen LogP contribution < -0.4 is 5.56 Å². The Morgan fingerprint density at radius 2 is 1.92 bits per heavy atom. The molecule has 5 heteroatoms. The van der Waals surface area contributed by atoms with E-state index in [1.165, 1.54) is 25.0 Å². The van der Waals surface area contributed by atoms with E-state index in [9.17, 15) is 14.0 Å². The first-order valence-electron chi connectivity index (χ1n) is 8.88. The molecule has 1 aliphatic heterocycles. The van der Waals surface area contributed by atoms with Crippen molar-refractivity contribution in [3.63, 3.8) is 0 Å². The monoisotopic (exact) mass is 340 g/mol. The molecule has 4 rings (SSSR count). The molecule has 1 amide bonds. The minimum Gasteiger partial charge on any atom is -0.338 e. The highest BCUT2D eigenvalue weighted by Crippen LogP contribution is 2.31. The minimum absolute atomic E-state index is 0.0514. The van der Waals surface area contributed by atoms with Gasteiger partial charge in [0, 0.05) is 43.4 Å². The van der Waals surface area contributed by atoms with E-state index >= 15 is 0 Å². The molecule has 0 unspecified atom stereocenters. The Balaban J connectivity index is 1.57. The van der Waals surface area contributed by atoms with Gasteiger partial charge in [0.1, 0.15) is 5.82 Å². The lowest BCUT2D eigenvalue weighted by Gasteiger charge is -2.20. The van der Waals surface area contributed by atoms with Gasteiger partial charge in [-0.2, -0.15) is 0 Å². The average molecular weight is 340 g/mol. The third kappa shape index (κ3) is 3.36. The molecule has 1 aromatic heterocycles. The van der Waals surface area contributed by atoms with Crippen LogP contribution in [0.15, 0.2) is 41.2 Å². The maximum absolute atomic E-state index is 13.4. The summed E-state index contributed by atoms with van der Waals surface area (Å²) in [5.41, 5.74) is 2.64. The average Bonchev–Trinajstić information content (AvgIpc) is 3.43. The molecule has 2 aliphatic rings. The topological polar surface area (TPSA) is 42.3 Å². The summed E-state index contributed by atoms with van der Waals surface area (Å²) in [4.78, 5) is 26.7. The molecule has 0 atom stereocenters. The molecule has 25 heavy (non-hydrogen) atoms. The zero-order chi connectivity index (χ0) is 17.4. The molecule has 2 heterocycles. The number of hydrogen-bond donors (Lipinski definition) is 0. The molecule has 2 aromatic rings. The Hall–Kier alpha value is -2.43. The van der Waals surface area contributed by atoms with Crippen molar-refractivity contribution < 1.29 is 9.18 Å². The Morgan fingerprint density at radius 3 is 2.68 bits per heavy atom. The van der Waals surface area contributed by atoms with E-state index < -0.39 is 5.82 Å². The number of amides is 1. The summed E-state index contributed by atoms with van der Waals surface area (Å²) in [6.45, 7) is 1.93. The zero-order valence-electron chi connectivity index (χ0n) is 14.1. The van der Waals surface area contributed by atoms with E-state index in [0.717, 1.165) is 24.2 Å².